The molecule has 24 nitrogen and oxygen atoms in total. The second-order valence-corrected chi connectivity index (χ2v) is 17.1. The summed E-state index contributed by atoms with van der Waals surface area (Å²) in [7, 11) is 10.8. The zero-order valence-electron chi connectivity index (χ0n) is 45.1. The molecule has 2 rings (SSSR count). The van der Waals surface area contributed by atoms with Gasteiger partial charge in [-0.25, -0.2) is 4.79 Å². The normalized spacial score (nSPS) is 12.5. The Balaban J connectivity index is -0.000000574. The third-order valence-electron chi connectivity index (χ3n) is 10.3. The molecule has 1 heterocycles. The van der Waals surface area contributed by atoms with Crippen molar-refractivity contribution >= 4 is 83.7 Å². The number of nitrogens with one attached hydrogen (secondary N) is 8. The topological polar surface area (TPSA) is 329 Å². The number of thiocarbonyl (C=S) groups is 1. The van der Waals surface area contributed by atoms with Crippen molar-refractivity contribution in [3.63, 3.8) is 0 Å². The van der Waals surface area contributed by atoms with E-state index in [1.165, 1.54) is 7.11 Å². The van der Waals surface area contributed by atoms with Gasteiger partial charge in [0.1, 0.15) is 6.29 Å². The minimum Gasteiger partial charge on any atom is -0.481 e. The summed E-state index contributed by atoms with van der Waals surface area (Å²) in [5.74, 6) is -2.75. The Bertz CT molecular complexity index is 1750. The molecule has 1 fully saturated rings. The van der Waals surface area contributed by atoms with Gasteiger partial charge < -0.3 is 76.4 Å². The molecule has 0 saturated carbocycles. The maximum absolute atomic E-state index is 12.1. The number of aliphatic carboxylic acids is 2. The number of carbonyl (C=O) groups is 10. The molecular weight excluding hydrogens is 973 g/mol. The summed E-state index contributed by atoms with van der Waals surface area (Å²) in [4.78, 5) is 109. The van der Waals surface area contributed by atoms with Crippen LogP contribution in [0.25, 0.3) is 0 Å². The summed E-state index contributed by atoms with van der Waals surface area (Å²) < 4.78 is 9.87. The van der Waals surface area contributed by atoms with Crippen LogP contribution in [-0.2, 0) is 63.8 Å². The third-order valence-corrected chi connectivity index (χ3v) is 10.6. The van der Waals surface area contributed by atoms with Crippen LogP contribution in [0.5, 0.6) is 0 Å². The zero-order chi connectivity index (χ0) is 56.8. The molecule has 10 N–H and O–H groups in total. The fourth-order valence-electron chi connectivity index (χ4n) is 5.27. The van der Waals surface area contributed by atoms with Gasteiger partial charge in [-0.05, 0) is 83.5 Å². The number of nitrogens with zero attached hydrogens (tertiary/aromatic N) is 2. The number of benzene rings is 1. The molecule has 1 aromatic rings. The molecule has 0 bridgehead atoms. The highest BCUT2D eigenvalue weighted by atomic mass is 32.1. The van der Waals surface area contributed by atoms with Crippen LogP contribution in [-0.4, -0.2) is 198 Å². The average molecular weight is 1060 g/mol. The molecule has 4 unspecified atom stereocenters. The lowest BCUT2D eigenvalue weighted by molar-refractivity contribution is -0.906. The first-order chi connectivity index (χ1) is 34.4. The lowest BCUT2D eigenvalue weighted by Crippen LogP contribution is -2.51. The molecule has 1 aliphatic rings. The Morgan fingerprint density at radius 3 is 1.79 bits per heavy atom. The number of methoxy groups -OCH3 is 2. The minimum atomic E-state index is -1.12. The highest BCUT2D eigenvalue weighted by Gasteiger charge is 2.28. The lowest BCUT2D eigenvalue weighted by Gasteiger charge is -2.35. The number of aldehydes is 1. The van der Waals surface area contributed by atoms with Crippen molar-refractivity contribution in [3.05, 3.63) is 29.8 Å². The maximum Gasteiger partial charge on any atom is 0.361 e. The average Bonchev–Trinajstić information content (AvgIpc) is 3.91. The van der Waals surface area contributed by atoms with E-state index in [4.69, 9.17) is 27.2 Å². The van der Waals surface area contributed by atoms with E-state index in [0.717, 1.165) is 56.6 Å². The van der Waals surface area contributed by atoms with E-state index in [1.807, 2.05) is 78.5 Å². The fraction of sp³-hybridized carbons (Fsp3) is 0.646. The fourth-order valence-corrected chi connectivity index (χ4v) is 5.49. The monoisotopic (exact) mass is 1060 g/mol. The van der Waals surface area contributed by atoms with E-state index in [1.54, 1.807) is 18.9 Å². The molecule has 6 amide bonds. The van der Waals surface area contributed by atoms with E-state index < -0.39 is 23.9 Å². The van der Waals surface area contributed by atoms with Crippen molar-refractivity contribution in [2.45, 2.75) is 105 Å². The standard InChI is InChI=1S/C28H46N6O5S.C7H12N2O2.C5H7NO4.C3H6O2.C3H8O.C2H7N/c1-8-19(2)21(4)32-26(37)17-31-25(36)16-30-24(35)13-14-29-28(40)33-23-11-9-22(10-12-23)15-20(3)34(5,6)18-27(38)39-7;10-6-8-5-7(11)9-3-1-2-4-9;7-2-4(6-3-8)1-5(9)10;1-2-3(4)5;1-3-4-2;1-3-2/h9-12,19-21H,8,13-18H2,1-7H3,(H4-,29,30,31,32,33,35,36,37,40);6H,1-5H2,(H,8,10);2-4H,1H2,(H,6,8)(H,9,10);2H2,1H3,(H,4,5);3H2,1-2H3;3H,1-2H3/p+1. The number of likely N-dealkylation sites (tertiary alicyclic amines) is 1. The molecule has 0 aromatic heterocycles. The second-order valence-electron chi connectivity index (χ2n) is 16.7. The smallest absolute Gasteiger partial charge is 0.361 e. The van der Waals surface area contributed by atoms with Gasteiger partial charge in [0.25, 0.3) is 0 Å². The number of likely N-dealkylation sites (N-methyl/N-ethyl adjacent to an activating group) is 1. The van der Waals surface area contributed by atoms with Gasteiger partial charge in [-0.1, -0.05) is 39.3 Å². The van der Waals surface area contributed by atoms with Gasteiger partial charge in [-0.3, -0.25) is 38.4 Å². The molecule has 4 atom stereocenters. The summed E-state index contributed by atoms with van der Waals surface area (Å²) in [5, 5.41) is 37.3. The van der Waals surface area contributed by atoms with E-state index in [-0.39, 0.29) is 81.2 Å². The number of rotatable bonds is 26. The van der Waals surface area contributed by atoms with Gasteiger partial charge in [0.15, 0.2) is 11.7 Å². The van der Waals surface area contributed by atoms with Crippen LogP contribution in [0.3, 0.4) is 0 Å². The van der Waals surface area contributed by atoms with Crippen molar-refractivity contribution in [1.29, 1.82) is 0 Å². The van der Waals surface area contributed by atoms with E-state index in [9.17, 15) is 47.9 Å². The van der Waals surface area contributed by atoms with Crippen LogP contribution in [0.1, 0.15) is 85.6 Å². The number of hydrogen-bond acceptors (Lipinski definition) is 14. The third kappa shape index (κ3) is 44.1. The van der Waals surface area contributed by atoms with Crippen molar-refractivity contribution in [2.24, 2.45) is 5.92 Å². The molecule has 0 radical (unpaired) electrons. The Kier molecular flexibility index (Phi) is 46.9. The summed E-state index contributed by atoms with van der Waals surface area (Å²) in [5.41, 5.74) is 1.94. The highest BCUT2D eigenvalue weighted by molar-refractivity contribution is 7.80. The molecular formula is C48H87N10O14S+. The number of carboxylic acids is 2. The first-order valence-corrected chi connectivity index (χ1v) is 24.3. The molecule has 0 aliphatic carbocycles. The first-order valence-electron chi connectivity index (χ1n) is 23.9. The number of amides is 6. The number of esters is 1. The molecule has 1 aromatic carbocycles. The van der Waals surface area contributed by atoms with Crippen LogP contribution in [0.4, 0.5) is 5.69 Å². The van der Waals surface area contributed by atoms with Crippen LogP contribution in [0.15, 0.2) is 24.3 Å². The Morgan fingerprint density at radius 1 is 0.808 bits per heavy atom. The van der Waals surface area contributed by atoms with Crippen molar-refractivity contribution < 1.29 is 72.1 Å². The lowest BCUT2D eigenvalue weighted by atomic mass is 10.0. The van der Waals surface area contributed by atoms with E-state index in [0.29, 0.717) is 41.2 Å². The minimum absolute atomic E-state index is 0.0211. The largest absolute Gasteiger partial charge is 0.481 e. The van der Waals surface area contributed by atoms with Gasteiger partial charge in [0.2, 0.25) is 36.4 Å². The molecule has 1 aliphatic heterocycles. The van der Waals surface area contributed by atoms with Crippen LogP contribution < -0.4 is 42.5 Å². The number of carboxylic acid groups (broad SMARTS) is 2. The molecule has 1 saturated heterocycles. The Hall–Kier alpha value is -6.31. The number of ether oxygens (including phenoxy) is 2. The van der Waals surface area contributed by atoms with E-state index in [2.05, 4.69) is 55.8 Å². The van der Waals surface area contributed by atoms with Gasteiger partial charge >= 0.3 is 17.9 Å². The maximum atomic E-state index is 12.1. The number of carbonyl (C=O) groups excluding carboxylic acids is 8. The van der Waals surface area contributed by atoms with Gasteiger partial charge in [0.05, 0.1) is 59.3 Å². The predicted octanol–water partition coefficient (Wildman–Crippen LogP) is 0.425. The molecule has 25 heteroatoms. The summed E-state index contributed by atoms with van der Waals surface area (Å²) in [6.45, 7) is 14.6. The molecule has 0 spiro atoms. The van der Waals surface area contributed by atoms with Crippen molar-refractivity contribution in [3.8, 4) is 0 Å². The van der Waals surface area contributed by atoms with Gasteiger partial charge in [-0.15, -0.1) is 0 Å². The van der Waals surface area contributed by atoms with E-state index >= 15 is 0 Å². The second kappa shape index (κ2) is 46.7. The van der Waals surface area contributed by atoms with Crippen LogP contribution >= 0.6 is 12.2 Å². The quantitative estimate of drug-likeness (QED) is 0.0260. The highest BCUT2D eigenvalue weighted by Crippen LogP contribution is 2.16. The first kappa shape index (κ1) is 73.2. The van der Waals surface area contributed by atoms with Crippen LogP contribution in [0, 0.1) is 5.92 Å². The summed E-state index contributed by atoms with van der Waals surface area (Å²) >= 11 is 5.31. The van der Waals surface area contributed by atoms with Crippen LogP contribution in [0.2, 0.25) is 0 Å². The summed E-state index contributed by atoms with van der Waals surface area (Å²) in [6.07, 6.45) is 5.12. The van der Waals surface area contributed by atoms with Crippen molar-refractivity contribution in [1.82, 2.24) is 42.1 Å². The Morgan fingerprint density at radius 2 is 1.34 bits per heavy atom. The van der Waals surface area contributed by atoms with Gasteiger partial charge in [-0.2, -0.15) is 0 Å². The predicted molar refractivity (Wildman–Crippen MR) is 282 cm³/mol. The van der Waals surface area contributed by atoms with Gasteiger partial charge in [0, 0.05) is 64.3 Å². The zero-order valence-corrected chi connectivity index (χ0v) is 45.9. The number of anilines is 1. The van der Waals surface area contributed by atoms with Crippen molar-refractivity contribution in [2.75, 3.05) is 100 Å². The Labute approximate surface area is 437 Å². The SMILES string of the molecule is CCC(=O)O.CCC(C)C(C)NC(=O)CNC(=O)CNC(=O)CCNC(=S)Nc1ccc(CC(C)[N+](C)(C)CC(=O)OC)cc1.CCOC.CNC.O=CNC(C=O)CC(=O)O.O=CNCC(=O)N1CCCC1. The molecule has 73 heavy (non-hydrogen) atoms. The number of quaternary nitrogens is 1. The number of hydrogen-bond donors (Lipinski definition) is 10. The molecule has 418 valence electrons. The summed E-state index contributed by atoms with van der Waals surface area (Å²) in [6, 6.07) is 7.19.